The van der Waals surface area contributed by atoms with E-state index in [1.165, 1.54) is 0 Å². The molecule has 0 aliphatic rings. The van der Waals surface area contributed by atoms with Crippen LogP contribution < -0.4 is 5.73 Å². The van der Waals surface area contributed by atoms with E-state index >= 15 is 0 Å². The molecule has 0 bridgehead atoms. The first kappa shape index (κ1) is 15.1. The number of hydrogen-bond acceptors (Lipinski definition) is 5. The van der Waals surface area contributed by atoms with Crippen molar-refractivity contribution in [1.82, 2.24) is 15.1 Å². The number of aryl methyl sites for hydroxylation is 1. The van der Waals surface area contributed by atoms with Gasteiger partial charge in [-0.2, -0.15) is 4.98 Å². The first-order valence-electron chi connectivity index (χ1n) is 6.65. The van der Waals surface area contributed by atoms with Crippen LogP contribution in [0.5, 0.6) is 0 Å². The van der Waals surface area contributed by atoms with Gasteiger partial charge in [0.25, 0.3) is 0 Å². The predicted octanol–water partition coefficient (Wildman–Crippen LogP) is 3.20. The Morgan fingerprint density at radius 3 is 2.75 bits per heavy atom. The van der Waals surface area contributed by atoms with E-state index in [9.17, 15) is 0 Å². The van der Waals surface area contributed by atoms with Crippen LogP contribution in [0.15, 0.2) is 27.3 Å². The fraction of sp³-hybridized carbons (Fsp3) is 0.500. The maximum absolute atomic E-state index is 5.61. The molecule has 108 valence electrons. The third-order valence-electron chi connectivity index (χ3n) is 3.26. The largest absolute Gasteiger partial charge is 0.339 e. The van der Waals surface area contributed by atoms with Gasteiger partial charge >= 0.3 is 0 Å². The van der Waals surface area contributed by atoms with Gasteiger partial charge in [-0.05, 0) is 52.9 Å². The second-order valence-corrected chi connectivity index (χ2v) is 6.49. The maximum atomic E-state index is 5.61. The molecule has 0 saturated carbocycles. The zero-order chi connectivity index (χ0) is 14.6. The molecule has 0 atom stereocenters. The summed E-state index contributed by atoms with van der Waals surface area (Å²) in [5, 5.41) is 3.97. The number of halogens is 1. The molecule has 0 saturated heterocycles. The highest BCUT2D eigenvalue weighted by Crippen LogP contribution is 2.26. The van der Waals surface area contributed by atoms with E-state index in [4.69, 9.17) is 10.3 Å². The molecule has 20 heavy (non-hydrogen) atoms. The third kappa shape index (κ3) is 4.11. The maximum Gasteiger partial charge on any atom is 0.227 e. The van der Waals surface area contributed by atoms with Gasteiger partial charge in [0.15, 0.2) is 0 Å². The zero-order valence-electron chi connectivity index (χ0n) is 11.8. The molecule has 2 aromatic heterocycles. The van der Waals surface area contributed by atoms with Crippen molar-refractivity contribution in [1.29, 1.82) is 0 Å². The highest BCUT2D eigenvalue weighted by molar-refractivity contribution is 9.10. The van der Waals surface area contributed by atoms with Gasteiger partial charge in [-0.1, -0.05) is 19.0 Å². The highest BCUT2D eigenvalue weighted by atomic mass is 79.9. The second kappa shape index (κ2) is 6.45. The Morgan fingerprint density at radius 2 is 2.10 bits per heavy atom. The highest BCUT2D eigenvalue weighted by Gasteiger charge is 2.19. The minimum absolute atomic E-state index is 0.194. The zero-order valence-corrected chi connectivity index (χ0v) is 13.4. The van der Waals surface area contributed by atoms with Crippen molar-refractivity contribution >= 4 is 15.9 Å². The molecule has 5 nitrogen and oxygen atoms in total. The van der Waals surface area contributed by atoms with Crippen LogP contribution in [-0.4, -0.2) is 21.7 Å². The van der Waals surface area contributed by atoms with Gasteiger partial charge in [0, 0.05) is 17.1 Å². The lowest BCUT2D eigenvalue weighted by molar-refractivity contribution is 0.289. The molecule has 6 heteroatoms. The molecule has 0 aliphatic carbocycles. The Bertz CT molecular complexity index is 551. The van der Waals surface area contributed by atoms with Crippen LogP contribution >= 0.6 is 15.9 Å². The molecule has 2 heterocycles. The van der Waals surface area contributed by atoms with Crippen molar-refractivity contribution in [2.45, 2.75) is 33.1 Å². The summed E-state index contributed by atoms with van der Waals surface area (Å²) in [5.41, 5.74) is 6.52. The number of pyridine rings is 1. The van der Waals surface area contributed by atoms with E-state index in [0.717, 1.165) is 23.7 Å². The van der Waals surface area contributed by atoms with Gasteiger partial charge in [-0.15, -0.1) is 0 Å². The van der Waals surface area contributed by atoms with E-state index in [-0.39, 0.29) is 5.41 Å². The summed E-state index contributed by atoms with van der Waals surface area (Å²) in [4.78, 5) is 8.64. The normalized spacial score (nSPS) is 11.8. The molecule has 0 radical (unpaired) electrons. The molecule has 0 unspecified atom stereocenters. The van der Waals surface area contributed by atoms with Crippen LogP contribution in [0.25, 0.3) is 11.5 Å². The van der Waals surface area contributed by atoms with Crippen LogP contribution in [0.3, 0.4) is 0 Å². The second-order valence-electron chi connectivity index (χ2n) is 5.58. The van der Waals surface area contributed by atoms with Gasteiger partial charge in [0.1, 0.15) is 5.69 Å². The molecule has 0 spiro atoms. The topological polar surface area (TPSA) is 77.8 Å². The lowest BCUT2D eigenvalue weighted by Gasteiger charge is -2.22. The third-order valence-corrected chi connectivity index (χ3v) is 3.73. The number of aromatic nitrogens is 3. The predicted molar refractivity (Wildman–Crippen MR) is 81.0 cm³/mol. The van der Waals surface area contributed by atoms with Crippen LogP contribution in [-0.2, 0) is 6.42 Å². The van der Waals surface area contributed by atoms with E-state index in [0.29, 0.717) is 24.0 Å². The molecule has 0 fully saturated rings. The molecule has 2 N–H and O–H groups in total. The van der Waals surface area contributed by atoms with Crippen molar-refractivity contribution in [2.75, 3.05) is 6.54 Å². The van der Waals surface area contributed by atoms with E-state index in [1.807, 2.05) is 12.1 Å². The first-order valence-corrected chi connectivity index (χ1v) is 7.44. The lowest BCUT2D eigenvalue weighted by Crippen LogP contribution is -2.17. The molecule has 0 aliphatic heterocycles. The van der Waals surface area contributed by atoms with Gasteiger partial charge in [0.05, 0.1) is 0 Å². The molecule has 2 aromatic rings. The molecular weight excluding hydrogens is 320 g/mol. The number of hydrogen-bond donors (Lipinski definition) is 1. The van der Waals surface area contributed by atoms with Crippen LogP contribution in [0.4, 0.5) is 0 Å². The quantitative estimate of drug-likeness (QED) is 0.874. The SMILES string of the molecule is CC(C)(CCN)CCc1nc(-c2ccc(Br)cn2)no1. The Morgan fingerprint density at radius 1 is 1.30 bits per heavy atom. The summed E-state index contributed by atoms with van der Waals surface area (Å²) < 4.78 is 6.20. The Hall–Kier alpha value is -1.27. The van der Waals surface area contributed by atoms with Crippen LogP contribution in [0, 0.1) is 5.41 Å². The number of nitrogens with two attached hydrogens (primary N) is 1. The molecule has 0 aromatic carbocycles. The summed E-state index contributed by atoms with van der Waals surface area (Å²) in [7, 11) is 0. The summed E-state index contributed by atoms with van der Waals surface area (Å²) in [6, 6.07) is 3.76. The summed E-state index contributed by atoms with van der Waals surface area (Å²) in [5.74, 6) is 1.18. The van der Waals surface area contributed by atoms with Crippen molar-refractivity contribution in [2.24, 2.45) is 11.1 Å². The summed E-state index contributed by atoms with van der Waals surface area (Å²) in [6.07, 6.45) is 4.44. The number of nitrogens with zero attached hydrogens (tertiary/aromatic N) is 3. The summed E-state index contributed by atoms with van der Waals surface area (Å²) in [6.45, 7) is 5.10. The van der Waals surface area contributed by atoms with Crippen molar-refractivity contribution in [3.63, 3.8) is 0 Å². The fourth-order valence-electron chi connectivity index (χ4n) is 1.93. The van der Waals surface area contributed by atoms with Crippen LogP contribution in [0.2, 0.25) is 0 Å². The van der Waals surface area contributed by atoms with Gasteiger partial charge < -0.3 is 10.3 Å². The molecular formula is C14H19BrN4O. The average Bonchev–Trinajstić information content (AvgIpc) is 2.86. The lowest BCUT2D eigenvalue weighted by atomic mass is 9.84. The van der Waals surface area contributed by atoms with E-state index < -0.39 is 0 Å². The summed E-state index contributed by atoms with van der Waals surface area (Å²) >= 11 is 3.35. The van der Waals surface area contributed by atoms with E-state index in [2.05, 4.69) is 44.9 Å². The smallest absolute Gasteiger partial charge is 0.227 e. The average molecular weight is 339 g/mol. The Labute approximate surface area is 127 Å². The van der Waals surface area contributed by atoms with Crippen molar-refractivity contribution in [3.8, 4) is 11.5 Å². The van der Waals surface area contributed by atoms with Gasteiger partial charge in [0.2, 0.25) is 11.7 Å². The Balaban J connectivity index is 2.00. The van der Waals surface area contributed by atoms with Crippen molar-refractivity contribution in [3.05, 3.63) is 28.7 Å². The monoisotopic (exact) mass is 338 g/mol. The van der Waals surface area contributed by atoms with Gasteiger partial charge in [-0.3, -0.25) is 4.98 Å². The van der Waals surface area contributed by atoms with E-state index in [1.54, 1.807) is 6.20 Å². The number of rotatable bonds is 6. The minimum atomic E-state index is 0.194. The van der Waals surface area contributed by atoms with Gasteiger partial charge in [-0.25, -0.2) is 0 Å². The first-order chi connectivity index (χ1) is 9.50. The van der Waals surface area contributed by atoms with Crippen molar-refractivity contribution < 1.29 is 4.52 Å². The standard InChI is InChI=1S/C14H19BrN4O/c1-14(2,7-8-16)6-5-12-18-13(19-20-12)11-4-3-10(15)9-17-11/h3-4,9H,5-8,16H2,1-2H3. The van der Waals surface area contributed by atoms with Crippen LogP contribution in [0.1, 0.15) is 32.6 Å². The Kier molecular flexibility index (Phi) is 4.88. The fourth-order valence-corrected chi connectivity index (χ4v) is 2.16. The molecule has 0 amide bonds. The molecule has 2 rings (SSSR count). The minimum Gasteiger partial charge on any atom is -0.339 e.